The van der Waals surface area contributed by atoms with Crippen LogP contribution in [0.25, 0.3) is 115 Å². The number of nitrogens with zero attached hydrogens (tertiary/aromatic N) is 4. The smallest absolute Gasteiger partial charge is 0.164 e. The molecule has 0 radical (unpaired) electrons. The summed E-state index contributed by atoms with van der Waals surface area (Å²) in [6, 6.07) is 85.2. The summed E-state index contributed by atoms with van der Waals surface area (Å²) in [6.45, 7) is 0. The molecule has 0 N–H and O–H groups in total. The quantitative estimate of drug-likeness (QED) is 0.160. The molecule has 0 aliphatic heterocycles. The lowest BCUT2D eigenvalue weighted by Crippen LogP contribution is -2.00. The largest absolute Gasteiger partial charge is 0.309 e. The van der Waals surface area contributed by atoms with Crippen molar-refractivity contribution in [3.63, 3.8) is 0 Å². The lowest BCUT2D eigenvalue weighted by atomic mass is 9.88. The minimum Gasteiger partial charge on any atom is -0.309 e. The van der Waals surface area contributed by atoms with E-state index in [0.29, 0.717) is 17.5 Å². The third kappa shape index (κ3) is 6.54. The molecule has 0 bridgehead atoms. The lowest BCUT2D eigenvalue weighted by Gasteiger charge is -2.15. The van der Waals surface area contributed by atoms with E-state index in [9.17, 15) is 0 Å². The molecule has 1 atom stereocenters. The Kier molecular flexibility index (Phi) is 9.11. The molecule has 13 aromatic rings. The van der Waals surface area contributed by atoms with Crippen LogP contribution in [0.1, 0.15) is 22.6 Å². The van der Waals surface area contributed by atoms with Gasteiger partial charge >= 0.3 is 0 Å². The predicted octanol–water partition coefficient (Wildman–Crippen LogP) is 16.8. The minimum absolute atomic E-state index is 0.120. The van der Waals surface area contributed by atoms with Crippen LogP contribution in [0.15, 0.2) is 237 Å². The lowest BCUT2D eigenvalue weighted by molar-refractivity contribution is 1.02. The molecule has 1 unspecified atom stereocenters. The zero-order valence-corrected chi connectivity index (χ0v) is 38.1. The van der Waals surface area contributed by atoms with Crippen LogP contribution in [0, 0.1) is 0 Å². The fourth-order valence-corrected chi connectivity index (χ4v) is 11.8. The van der Waals surface area contributed by atoms with Crippen LogP contribution in [0.4, 0.5) is 0 Å². The Morgan fingerprint density at radius 2 is 0.884 bits per heavy atom. The number of para-hydroxylation sites is 1. The van der Waals surface area contributed by atoms with E-state index in [2.05, 4.69) is 217 Å². The summed E-state index contributed by atoms with van der Waals surface area (Å²) in [4.78, 5) is 15.4. The van der Waals surface area contributed by atoms with Gasteiger partial charge in [0, 0.05) is 59.2 Å². The van der Waals surface area contributed by atoms with Gasteiger partial charge < -0.3 is 4.57 Å². The van der Waals surface area contributed by atoms with E-state index >= 15 is 0 Å². The number of hydrogen-bond acceptors (Lipinski definition) is 4. The van der Waals surface area contributed by atoms with Crippen LogP contribution in [0.5, 0.6) is 0 Å². The Labute approximate surface area is 403 Å². The highest BCUT2D eigenvalue weighted by atomic mass is 32.1. The predicted molar refractivity (Wildman–Crippen MR) is 287 cm³/mol. The van der Waals surface area contributed by atoms with Gasteiger partial charge in [0.15, 0.2) is 17.5 Å². The second-order valence-electron chi connectivity index (χ2n) is 17.9. The van der Waals surface area contributed by atoms with Gasteiger partial charge in [-0.25, -0.2) is 15.0 Å². The van der Waals surface area contributed by atoms with Gasteiger partial charge in [-0.05, 0) is 105 Å². The third-order valence-electron chi connectivity index (χ3n) is 13.9. The number of rotatable bonds is 7. The van der Waals surface area contributed by atoms with Crippen molar-refractivity contribution in [2.75, 3.05) is 0 Å². The molecule has 0 fully saturated rings. The Hall–Kier alpha value is -8.77. The summed E-state index contributed by atoms with van der Waals surface area (Å²) in [7, 11) is 0. The highest BCUT2D eigenvalue weighted by Crippen LogP contribution is 2.51. The van der Waals surface area contributed by atoms with Crippen LogP contribution < -0.4 is 0 Å². The molecule has 322 valence electrons. The fourth-order valence-electron chi connectivity index (χ4n) is 10.7. The van der Waals surface area contributed by atoms with Crippen molar-refractivity contribution in [1.29, 1.82) is 0 Å². The Balaban J connectivity index is 0.951. The van der Waals surface area contributed by atoms with Crippen molar-refractivity contribution in [3.8, 4) is 73.2 Å². The maximum Gasteiger partial charge on any atom is 0.164 e. The Morgan fingerprint density at radius 1 is 0.348 bits per heavy atom. The maximum atomic E-state index is 5.21. The highest BCUT2D eigenvalue weighted by Gasteiger charge is 2.31. The normalized spacial score (nSPS) is 13.1. The van der Waals surface area contributed by atoms with Crippen LogP contribution in [-0.2, 0) is 0 Å². The van der Waals surface area contributed by atoms with Crippen molar-refractivity contribution in [2.24, 2.45) is 0 Å². The first-order chi connectivity index (χ1) is 34.2. The first kappa shape index (κ1) is 39.4. The second kappa shape index (κ2) is 15.9. The number of hydrogen-bond donors (Lipinski definition) is 0. The average molecular weight is 897 g/mol. The first-order valence-electron chi connectivity index (χ1n) is 23.5. The molecule has 69 heavy (non-hydrogen) atoms. The molecule has 0 spiro atoms. The summed E-state index contributed by atoms with van der Waals surface area (Å²) in [5, 5.41) is 4.88. The van der Waals surface area contributed by atoms with Gasteiger partial charge in [-0.2, -0.15) is 0 Å². The van der Waals surface area contributed by atoms with Crippen molar-refractivity contribution < 1.29 is 0 Å². The average Bonchev–Trinajstić information content (AvgIpc) is 4.08. The van der Waals surface area contributed by atoms with Crippen molar-refractivity contribution >= 4 is 53.3 Å². The summed E-state index contributed by atoms with van der Waals surface area (Å²) in [5.41, 5.74) is 17.7. The minimum atomic E-state index is 0.120. The molecule has 0 saturated carbocycles. The summed E-state index contributed by atoms with van der Waals surface area (Å²) in [5.74, 6) is 2.03. The molecule has 5 heteroatoms. The molecule has 0 amide bonds. The molecule has 4 nitrogen and oxygen atoms in total. The Bertz CT molecular complexity index is 4100. The summed E-state index contributed by atoms with van der Waals surface area (Å²) in [6.07, 6.45) is 0. The molecule has 1 aliphatic rings. The second-order valence-corrected chi connectivity index (χ2v) is 19.0. The van der Waals surface area contributed by atoms with Crippen molar-refractivity contribution in [3.05, 3.63) is 253 Å². The number of aromatic nitrogens is 4. The maximum absolute atomic E-state index is 5.21. The summed E-state index contributed by atoms with van der Waals surface area (Å²) >= 11 is 1.87. The molecule has 14 rings (SSSR count). The summed E-state index contributed by atoms with van der Waals surface area (Å²) < 4.78 is 5.01. The van der Waals surface area contributed by atoms with E-state index < -0.39 is 0 Å². The van der Waals surface area contributed by atoms with Gasteiger partial charge in [-0.15, -0.1) is 11.3 Å². The van der Waals surface area contributed by atoms with Crippen LogP contribution >= 0.6 is 11.3 Å². The number of fused-ring (bicyclic) bond motifs is 10. The molecular formula is C64H40N4S. The molecule has 3 aromatic heterocycles. The standard InChI is InChI=1S/C64H40N4S/c1-5-15-40(16-6-1)42-25-27-44(28-26-42)63-65-62(43-19-9-3-10-20-43)66-64(67-63)47-30-34-56-54(39-47)52-33-36-58-60(61(52)68(56)48-21-11-4-12-22-48)55-38-46(31-35-57(55)69-58)59-50-24-14-13-23-49(50)53-37-45(29-32-51(53)59)41-17-7-2-8-18-41/h1-39,59H. The van der Waals surface area contributed by atoms with Gasteiger partial charge in [0.1, 0.15) is 0 Å². The van der Waals surface area contributed by atoms with Crippen LogP contribution in [0.2, 0.25) is 0 Å². The van der Waals surface area contributed by atoms with Crippen LogP contribution in [-0.4, -0.2) is 19.5 Å². The number of thiophene rings is 1. The van der Waals surface area contributed by atoms with Gasteiger partial charge in [-0.1, -0.05) is 182 Å². The van der Waals surface area contributed by atoms with Crippen molar-refractivity contribution in [1.82, 2.24) is 19.5 Å². The van der Waals surface area contributed by atoms with Gasteiger partial charge in [-0.3, -0.25) is 0 Å². The Morgan fingerprint density at radius 3 is 1.61 bits per heavy atom. The molecule has 1 aliphatic carbocycles. The van der Waals surface area contributed by atoms with E-state index in [1.54, 1.807) is 0 Å². The first-order valence-corrected chi connectivity index (χ1v) is 24.3. The fraction of sp³-hybridized carbons (Fsp3) is 0.0156. The third-order valence-corrected chi connectivity index (χ3v) is 15.1. The van der Waals surface area contributed by atoms with Gasteiger partial charge in [0.2, 0.25) is 0 Å². The molecule has 0 saturated heterocycles. The molecule has 3 heterocycles. The zero-order chi connectivity index (χ0) is 45.4. The topological polar surface area (TPSA) is 43.6 Å². The SMILES string of the molecule is c1ccc(-c2ccc(-c3nc(-c4ccccc4)nc(-c4ccc5c(c4)c4ccc6sc7ccc(C8c9ccccc9-c9cc(-c%10ccccc%10)ccc98)cc7c6c4n5-c4ccccc4)n3)cc2)cc1. The van der Waals surface area contributed by atoms with E-state index in [0.717, 1.165) is 38.8 Å². The zero-order valence-electron chi connectivity index (χ0n) is 37.3. The van der Waals surface area contributed by atoms with E-state index in [4.69, 9.17) is 15.0 Å². The van der Waals surface area contributed by atoms with E-state index in [-0.39, 0.29) is 5.92 Å². The van der Waals surface area contributed by atoms with Gasteiger partial charge in [0.05, 0.1) is 11.0 Å². The van der Waals surface area contributed by atoms with Crippen molar-refractivity contribution in [2.45, 2.75) is 5.92 Å². The molecule has 10 aromatic carbocycles. The van der Waals surface area contributed by atoms with E-state index in [1.165, 1.54) is 75.6 Å². The highest BCUT2D eigenvalue weighted by molar-refractivity contribution is 7.26. The molecular weight excluding hydrogens is 857 g/mol. The monoisotopic (exact) mass is 896 g/mol. The number of benzene rings is 10. The van der Waals surface area contributed by atoms with Gasteiger partial charge in [0.25, 0.3) is 0 Å². The van der Waals surface area contributed by atoms with E-state index in [1.807, 2.05) is 35.6 Å². The van der Waals surface area contributed by atoms with Crippen LogP contribution in [0.3, 0.4) is 0 Å².